The predicted molar refractivity (Wildman–Crippen MR) is 111 cm³/mol. The van der Waals surface area contributed by atoms with Crippen LogP contribution in [0.2, 0.25) is 5.02 Å². The van der Waals surface area contributed by atoms with Gasteiger partial charge in [-0.2, -0.15) is 0 Å². The minimum Gasteiger partial charge on any atom is -0.349 e. The van der Waals surface area contributed by atoms with Crippen molar-refractivity contribution in [1.29, 1.82) is 0 Å². The number of rotatable bonds is 5. The zero-order chi connectivity index (χ0) is 20.7. The molecule has 2 N–H and O–H groups in total. The molecule has 0 atom stereocenters. The highest BCUT2D eigenvalue weighted by molar-refractivity contribution is 6.34. The SMILES string of the molecule is Cc1noc2nc(C(C)C)cc(C(=O)Nc3ccc(Cl)c(C(=O)NC4CC4)c3)c12. The average molecular weight is 413 g/mol. The molecule has 1 saturated carbocycles. The molecule has 4 rings (SSSR count). The van der Waals surface area contributed by atoms with Gasteiger partial charge in [0.15, 0.2) is 0 Å². The number of amides is 2. The number of nitrogens with one attached hydrogen (secondary N) is 2. The molecule has 1 aromatic carbocycles. The fourth-order valence-corrected chi connectivity index (χ4v) is 3.26. The molecule has 0 bridgehead atoms. The van der Waals surface area contributed by atoms with Crippen LogP contribution in [0.3, 0.4) is 0 Å². The highest BCUT2D eigenvalue weighted by Crippen LogP contribution is 2.27. The summed E-state index contributed by atoms with van der Waals surface area (Å²) >= 11 is 6.19. The van der Waals surface area contributed by atoms with E-state index in [1.54, 1.807) is 31.2 Å². The lowest BCUT2D eigenvalue weighted by Gasteiger charge is -2.11. The lowest BCUT2D eigenvalue weighted by atomic mass is 10.0. The van der Waals surface area contributed by atoms with Gasteiger partial charge in [-0.25, -0.2) is 4.98 Å². The summed E-state index contributed by atoms with van der Waals surface area (Å²) in [5, 5.41) is 10.6. The van der Waals surface area contributed by atoms with Gasteiger partial charge in [-0.15, -0.1) is 0 Å². The maximum atomic E-state index is 13.1. The number of hydrogen-bond acceptors (Lipinski definition) is 5. The summed E-state index contributed by atoms with van der Waals surface area (Å²) in [6, 6.07) is 6.82. The standard InChI is InChI=1S/C21H21ClN4O3/c1-10(2)17-9-15(18-11(3)26-29-21(18)25-17)20(28)24-13-6-7-16(22)14(8-13)19(27)23-12-4-5-12/h6-10,12H,4-5H2,1-3H3,(H,23,27)(H,24,28). The lowest BCUT2D eigenvalue weighted by Crippen LogP contribution is -2.25. The van der Waals surface area contributed by atoms with E-state index >= 15 is 0 Å². The largest absolute Gasteiger partial charge is 0.349 e. The van der Waals surface area contributed by atoms with Gasteiger partial charge in [-0.3, -0.25) is 9.59 Å². The molecule has 1 aliphatic carbocycles. The second-order valence-corrected chi connectivity index (χ2v) is 8.00. The molecule has 2 heterocycles. The van der Waals surface area contributed by atoms with Crippen molar-refractivity contribution in [3.63, 3.8) is 0 Å². The van der Waals surface area contributed by atoms with E-state index in [1.165, 1.54) is 0 Å². The summed E-state index contributed by atoms with van der Waals surface area (Å²) in [6.45, 7) is 5.74. The first-order valence-corrected chi connectivity index (χ1v) is 9.90. The Morgan fingerprint density at radius 2 is 1.93 bits per heavy atom. The van der Waals surface area contributed by atoms with Crippen LogP contribution in [-0.4, -0.2) is 28.0 Å². The Kier molecular flexibility index (Phi) is 5.00. The van der Waals surface area contributed by atoms with Crippen LogP contribution in [0.25, 0.3) is 11.1 Å². The summed E-state index contributed by atoms with van der Waals surface area (Å²) in [6.07, 6.45) is 1.96. The Bertz CT molecular complexity index is 1120. The van der Waals surface area contributed by atoms with Crippen molar-refractivity contribution >= 4 is 40.2 Å². The number of carbonyl (C=O) groups excluding carboxylic acids is 2. The Labute approximate surface area is 172 Å². The monoisotopic (exact) mass is 412 g/mol. The molecule has 3 aromatic rings. The summed E-state index contributed by atoms with van der Waals surface area (Å²) < 4.78 is 5.28. The highest BCUT2D eigenvalue weighted by Gasteiger charge is 2.25. The molecular weight excluding hydrogens is 392 g/mol. The van der Waals surface area contributed by atoms with Crippen LogP contribution in [0.5, 0.6) is 0 Å². The minimum absolute atomic E-state index is 0.115. The minimum atomic E-state index is -0.332. The van der Waals surface area contributed by atoms with E-state index in [-0.39, 0.29) is 23.8 Å². The molecule has 150 valence electrons. The van der Waals surface area contributed by atoms with Gasteiger partial charge in [0.05, 0.1) is 27.2 Å². The van der Waals surface area contributed by atoms with E-state index in [2.05, 4.69) is 20.8 Å². The molecule has 2 amide bonds. The second kappa shape index (κ2) is 7.48. The third-order valence-electron chi connectivity index (χ3n) is 4.85. The van der Waals surface area contributed by atoms with Crippen molar-refractivity contribution in [2.45, 2.75) is 45.6 Å². The molecular formula is C21H21ClN4O3. The van der Waals surface area contributed by atoms with E-state index in [4.69, 9.17) is 16.1 Å². The molecule has 0 spiro atoms. The van der Waals surface area contributed by atoms with Gasteiger partial charge in [0.1, 0.15) is 0 Å². The Morgan fingerprint density at radius 1 is 1.17 bits per heavy atom. The molecule has 8 heteroatoms. The van der Waals surface area contributed by atoms with Crippen molar-refractivity contribution in [3.8, 4) is 0 Å². The summed E-state index contributed by atoms with van der Waals surface area (Å²) in [5.41, 5.74) is 2.90. The molecule has 0 radical (unpaired) electrons. The number of aryl methyl sites for hydroxylation is 1. The smallest absolute Gasteiger partial charge is 0.259 e. The first-order valence-electron chi connectivity index (χ1n) is 9.52. The van der Waals surface area contributed by atoms with Crippen molar-refractivity contribution in [3.05, 3.63) is 51.8 Å². The normalized spacial score (nSPS) is 13.7. The summed E-state index contributed by atoms with van der Waals surface area (Å²) in [4.78, 5) is 29.9. The fourth-order valence-electron chi connectivity index (χ4n) is 3.05. The van der Waals surface area contributed by atoms with Gasteiger partial charge in [0, 0.05) is 17.4 Å². The first kappa shape index (κ1) is 19.4. The maximum absolute atomic E-state index is 13.1. The van der Waals surface area contributed by atoms with Gasteiger partial charge in [-0.1, -0.05) is 30.6 Å². The number of hydrogen-bond donors (Lipinski definition) is 2. The lowest BCUT2D eigenvalue weighted by molar-refractivity contribution is 0.0950. The molecule has 0 aliphatic heterocycles. The van der Waals surface area contributed by atoms with E-state index < -0.39 is 0 Å². The Hall–Kier alpha value is -2.93. The first-order chi connectivity index (χ1) is 13.8. The maximum Gasteiger partial charge on any atom is 0.259 e. The van der Waals surface area contributed by atoms with Gasteiger partial charge >= 0.3 is 0 Å². The number of pyridine rings is 1. The second-order valence-electron chi connectivity index (χ2n) is 7.59. The average Bonchev–Trinajstić information content (AvgIpc) is 3.42. The molecule has 7 nitrogen and oxygen atoms in total. The highest BCUT2D eigenvalue weighted by atomic mass is 35.5. The van der Waals surface area contributed by atoms with Gasteiger partial charge < -0.3 is 15.2 Å². The molecule has 29 heavy (non-hydrogen) atoms. The fraction of sp³-hybridized carbons (Fsp3) is 0.333. The molecule has 1 fully saturated rings. The number of benzene rings is 1. The number of nitrogens with zero attached hydrogens (tertiary/aromatic N) is 2. The number of carbonyl (C=O) groups is 2. The number of aromatic nitrogens is 2. The zero-order valence-electron chi connectivity index (χ0n) is 16.4. The Balaban J connectivity index is 1.66. The molecule has 1 aliphatic rings. The quantitative estimate of drug-likeness (QED) is 0.645. The topological polar surface area (TPSA) is 97.1 Å². The van der Waals surface area contributed by atoms with Crippen molar-refractivity contribution < 1.29 is 14.1 Å². The molecule has 2 aromatic heterocycles. The number of anilines is 1. The van der Waals surface area contributed by atoms with Crippen LogP contribution in [0.1, 0.15) is 64.7 Å². The third kappa shape index (κ3) is 3.96. The van der Waals surface area contributed by atoms with Gasteiger partial charge in [0.2, 0.25) is 0 Å². The number of fused-ring (bicyclic) bond motifs is 1. The summed E-state index contributed by atoms with van der Waals surface area (Å²) in [7, 11) is 0. The van der Waals surface area contributed by atoms with Crippen molar-refractivity contribution in [2.24, 2.45) is 0 Å². The summed E-state index contributed by atoms with van der Waals surface area (Å²) in [5.74, 6) is -0.456. The Morgan fingerprint density at radius 3 is 2.62 bits per heavy atom. The van der Waals surface area contributed by atoms with Gasteiger partial charge in [-0.05, 0) is 49.9 Å². The van der Waals surface area contributed by atoms with Crippen LogP contribution in [0.4, 0.5) is 5.69 Å². The predicted octanol–water partition coefficient (Wildman–Crippen LogP) is 4.45. The third-order valence-corrected chi connectivity index (χ3v) is 5.18. The van der Waals surface area contributed by atoms with Crippen LogP contribution in [0, 0.1) is 6.92 Å². The van der Waals surface area contributed by atoms with Crippen LogP contribution < -0.4 is 10.6 Å². The van der Waals surface area contributed by atoms with E-state index in [1.807, 2.05) is 13.8 Å². The van der Waals surface area contributed by atoms with Crippen molar-refractivity contribution in [2.75, 3.05) is 5.32 Å². The molecule has 0 unspecified atom stereocenters. The van der Waals surface area contributed by atoms with Crippen LogP contribution >= 0.6 is 11.6 Å². The van der Waals surface area contributed by atoms with Crippen molar-refractivity contribution in [1.82, 2.24) is 15.5 Å². The molecule has 0 saturated heterocycles. The number of halogens is 1. The van der Waals surface area contributed by atoms with Crippen LogP contribution in [0.15, 0.2) is 28.8 Å². The van der Waals surface area contributed by atoms with E-state index in [0.717, 1.165) is 18.5 Å². The van der Waals surface area contributed by atoms with Crippen LogP contribution in [-0.2, 0) is 0 Å². The van der Waals surface area contributed by atoms with E-state index in [0.29, 0.717) is 38.6 Å². The van der Waals surface area contributed by atoms with E-state index in [9.17, 15) is 9.59 Å². The van der Waals surface area contributed by atoms with Gasteiger partial charge in [0.25, 0.3) is 17.5 Å². The zero-order valence-corrected chi connectivity index (χ0v) is 17.1.